The van der Waals surface area contributed by atoms with E-state index in [4.69, 9.17) is 4.74 Å². The fourth-order valence-corrected chi connectivity index (χ4v) is 4.06. The Balaban J connectivity index is 1.20. The van der Waals surface area contributed by atoms with Gasteiger partial charge in [0, 0.05) is 58.4 Å². The van der Waals surface area contributed by atoms with Crippen LogP contribution in [0.5, 0.6) is 5.75 Å². The number of rotatable bonds is 5. The topological polar surface area (TPSA) is 65.0 Å². The second-order valence-corrected chi connectivity index (χ2v) is 7.69. The van der Waals surface area contributed by atoms with Crippen LogP contribution >= 0.6 is 0 Å². The van der Waals surface area contributed by atoms with Crippen molar-refractivity contribution in [2.75, 3.05) is 70.9 Å². The van der Waals surface area contributed by atoms with Crippen LogP contribution < -0.4 is 9.64 Å². The minimum atomic E-state index is 0.275. The van der Waals surface area contributed by atoms with E-state index in [1.807, 2.05) is 4.90 Å². The molecule has 3 fully saturated rings. The Bertz CT molecular complexity index is 620. The normalized spacial score (nSPS) is 22.6. The summed E-state index contributed by atoms with van der Waals surface area (Å²) in [5.41, 5.74) is 0. The summed E-state index contributed by atoms with van der Waals surface area (Å²) in [6.07, 6.45) is 7.45. The van der Waals surface area contributed by atoms with Gasteiger partial charge in [-0.1, -0.05) is 6.42 Å². The van der Waals surface area contributed by atoms with Crippen molar-refractivity contribution in [3.8, 4) is 5.75 Å². The molecule has 1 amide bonds. The molecule has 2 aliphatic heterocycles. The quantitative estimate of drug-likeness (QED) is 0.735. The molecule has 8 nitrogen and oxygen atoms in total. The molecule has 0 spiro atoms. The van der Waals surface area contributed by atoms with Crippen molar-refractivity contribution in [1.82, 2.24) is 24.7 Å². The van der Waals surface area contributed by atoms with E-state index < -0.39 is 0 Å². The number of anilines is 1. The van der Waals surface area contributed by atoms with Gasteiger partial charge in [0.15, 0.2) is 5.75 Å². The zero-order chi connectivity index (χ0) is 18.6. The Labute approximate surface area is 161 Å². The van der Waals surface area contributed by atoms with Gasteiger partial charge < -0.3 is 14.5 Å². The van der Waals surface area contributed by atoms with E-state index in [0.29, 0.717) is 12.3 Å². The molecule has 4 rings (SSSR count). The lowest BCUT2D eigenvalue weighted by molar-refractivity contribution is -0.134. The predicted molar refractivity (Wildman–Crippen MR) is 103 cm³/mol. The monoisotopic (exact) mass is 374 g/mol. The number of amides is 1. The third-order valence-electron chi connectivity index (χ3n) is 6.12. The van der Waals surface area contributed by atoms with Crippen LogP contribution in [0.3, 0.4) is 0 Å². The number of aromatic nitrogens is 2. The molecule has 3 aliphatic rings. The first-order chi connectivity index (χ1) is 13.2. The van der Waals surface area contributed by atoms with Crippen LogP contribution in [-0.4, -0.2) is 103 Å². The van der Waals surface area contributed by atoms with Gasteiger partial charge in [-0.25, -0.2) is 9.97 Å². The van der Waals surface area contributed by atoms with E-state index in [1.54, 1.807) is 19.5 Å². The Morgan fingerprint density at radius 1 is 1.04 bits per heavy atom. The summed E-state index contributed by atoms with van der Waals surface area (Å²) in [5, 5.41) is 0. The molecule has 3 heterocycles. The number of carbonyl (C=O) groups is 1. The minimum absolute atomic E-state index is 0.275. The highest BCUT2D eigenvalue weighted by atomic mass is 16.5. The van der Waals surface area contributed by atoms with Crippen LogP contribution in [0.15, 0.2) is 12.4 Å². The molecule has 148 valence electrons. The number of hydrogen-bond donors (Lipinski definition) is 0. The fraction of sp³-hybridized carbons (Fsp3) is 0.737. The second-order valence-electron chi connectivity index (χ2n) is 7.69. The highest BCUT2D eigenvalue weighted by Crippen LogP contribution is 2.25. The minimum Gasteiger partial charge on any atom is -0.494 e. The number of piperazine rings is 2. The van der Waals surface area contributed by atoms with Gasteiger partial charge in [-0.2, -0.15) is 0 Å². The Kier molecular flexibility index (Phi) is 5.73. The van der Waals surface area contributed by atoms with Crippen molar-refractivity contribution < 1.29 is 9.53 Å². The SMILES string of the molecule is COc1cnc(N2CCN(CC(=O)N3CCN(C4CCC4)CC3)CC2)nc1. The summed E-state index contributed by atoms with van der Waals surface area (Å²) in [6, 6.07) is 0.788. The van der Waals surface area contributed by atoms with E-state index in [2.05, 4.69) is 24.7 Å². The molecule has 1 saturated carbocycles. The summed E-state index contributed by atoms with van der Waals surface area (Å²) in [7, 11) is 1.61. The molecule has 1 aromatic heterocycles. The third kappa shape index (κ3) is 4.32. The van der Waals surface area contributed by atoms with Gasteiger partial charge in [0.2, 0.25) is 11.9 Å². The number of nitrogens with zero attached hydrogens (tertiary/aromatic N) is 6. The molecule has 0 N–H and O–H groups in total. The summed E-state index contributed by atoms with van der Waals surface area (Å²) in [6.45, 7) is 7.79. The summed E-state index contributed by atoms with van der Waals surface area (Å²) in [4.78, 5) is 30.4. The van der Waals surface area contributed by atoms with E-state index in [9.17, 15) is 4.79 Å². The molecule has 0 unspecified atom stereocenters. The smallest absolute Gasteiger partial charge is 0.236 e. The lowest BCUT2D eigenvalue weighted by atomic mass is 9.91. The van der Waals surface area contributed by atoms with Crippen LogP contribution in [0.4, 0.5) is 5.95 Å². The van der Waals surface area contributed by atoms with E-state index in [-0.39, 0.29) is 5.91 Å². The maximum absolute atomic E-state index is 12.7. The lowest BCUT2D eigenvalue weighted by Crippen LogP contribution is -2.56. The first-order valence-electron chi connectivity index (χ1n) is 10.1. The van der Waals surface area contributed by atoms with E-state index in [0.717, 1.165) is 64.3 Å². The van der Waals surface area contributed by atoms with Gasteiger partial charge in [-0.05, 0) is 12.8 Å². The molecule has 27 heavy (non-hydrogen) atoms. The van der Waals surface area contributed by atoms with Gasteiger partial charge >= 0.3 is 0 Å². The summed E-state index contributed by atoms with van der Waals surface area (Å²) in [5.74, 6) is 1.67. The van der Waals surface area contributed by atoms with Crippen molar-refractivity contribution in [3.63, 3.8) is 0 Å². The largest absolute Gasteiger partial charge is 0.494 e. The standard InChI is InChI=1S/C19H30N6O2/c1-27-17-13-20-19(21-14-17)25-7-5-22(6-8-25)15-18(26)24-11-9-23(10-12-24)16-3-2-4-16/h13-14,16H,2-12,15H2,1H3. The van der Waals surface area contributed by atoms with Crippen molar-refractivity contribution in [2.45, 2.75) is 25.3 Å². The van der Waals surface area contributed by atoms with Gasteiger partial charge in [-0.15, -0.1) is 0 Å². The molecule has 1 aromatic rings. The number of methoxy groups -OCH3 is 1. The van der Waals surface area contributed by atoms with Crippen LogP contribution in [0.2, 0.25) is 0 Å². The van der Waals surface area contributed by atoms with E-state index >= 15 is 0 Å². The Hall–Kier alpha value is -1.93. The first-order valence-corrected chi connectivity index (χ1v) is 10.1. The molecule has 0 bridgehead atoms. The molecule has 0 radical (unpaired) electrons. The average Bonchev–Trinajstić information content (AvgIpc) is 2.68. The van der Waals surface area contributed by atoms with Crippen molar-refractivity contribution in [1.29, 1.82) is 0 Å². The zero-order valence-electron chi connectivity index (χ0n) is 16.2. The predicted octanol–water partition coefficient (Wildman–Crippen LogP) is 0.304. The lowest BCUT2D eigenvalue weighted by Gasteiger charge is -2.43. The first kappa shape index (κ1) is 18.4. The van der Waals surface area contributed by atoms with Crippen LogP contribution in [0, 0.1) is 0 Å². The van der Waals surface area contributed by atoms with Gasteiger partial charge in [-0.3, -0.25) is 14.6 Å². The number of hydrogen-bond acceptors (Lipinski definition) is 7. The van der Waals surface area contributed by atoms with Gasteiger partial charge in [0.05, 0.1) is 26.0 Å². The van der Waals surface area contributed by atoms with Crippen LogP contribution in [0.25, 0.3) is 0 Å². The molecule has 0 atom stereocenters. The molecular formula is C19H30N6O2. The molecular weight excluding hydrogens is 344 g/mol. The number of ether oxygens (including phenoxy) is 1. The Morgan fingerprint density at radius 2 is 1.70 bits per heavy atom. The maximum atomic E-state index is 12.7. The molecule has 1 aliphatic carbocycles. The van der Waals surface area contributed by atoms with Crippen molar-refractivity contribution in [2.24, 2.45) is 0 Å². The van der Waals surface area contributed by atoms with Crippen molar-refractivity contribution in [3.05, 3.63) is 12.4 Å². The molecule has 0 aromatic carbocycles. The molecule has 2 saturated heterocycles. The fourth-order valence-electron chi connectivity index (χ4n) is 4.06. The zero-order valence-corrected chi connectivity index (χ0v) is 16.2. The summed E-state index contributed by atoms with van der Waals surface area (Å²) < 4.78 is 5.11. The molecule has 8 heteroatoms. The van der Waals surface area contributed by atoms with Crippen LogP contribution in [0.1, 0.15) is 19.3 Å². The highest BCUT2D eigenvalue weighted by Gasteiger charge is 2.30. The second kappa shape index (κ2) is 8.39. The third-order valence-corrected chi connectivity index (χ3v) is 6.12. The van der Waals surface area contributed by atoms with Crippen molar-refractivity contribution >= 4 is 11.9 Å². The van der Waals surface area contributed by atoms with Gasteiger partial charge in [0.1, 0.15) is 0 Å². The highest BCUT2D eigenvalue weighted by molar-refractivity contribution is 5.78. The Morgan fingerprint density at radius 3 is 2.26 bits per heavy atom. The average molecular weight is 374 g/mol. The number of carbonyl (C=O) groups excluding carboxylic acids is 1. The maximum Gasteiger partial charge on any atom is 0.236 e. The summed E-state index contributed by atoms with van der Waals surface area (Å²) >= 11 is 0. The van der Waals surface area contributed by atoms with Gasteiger partial charge in [0.25, 0.3) is 0 Å². The van der Waals surface area contributed by atoms with Crippen LogP contribution in [-0.2, 0) is 4.79 Å². The van der Waals surface area contributed by atoms with E-state index in [1.165, 1.54) is 19.3 Å².